The molecule has 2 aromatic heterocycles. The van der Waals surface area contributed by atoms with Crippen LogP contribution in [-0.4, -0.2) is 70.5 Å². The lowest BCUT2D eigenvalue weighted by Crippen LogP contribution is -2.49. The van der Waals surface area contributed by atoms with Crippen molar-refractivity contribution in [3.05, 3.63) is 36.0 Å². The van der Waals surface area contributed by atoms with Crippen LogP contribution in [0, 0.1) is 18.3 Å². The number of oxazole rings is 1. The van der Waals surface area contributed by atoms with Crippen LogP contribution in [0.3, 0.4) is 0 Å². The van der Waals surface area contributed by atoms with Crippen molar-refractivity contribution in [3.8, 4) is 28.8 Å². The van der Waals surface area contributed by atoms with Crippen molar-refractivity contribution in [2.75, 3.05) is 50.0 Å². The second-order valence-electron chi connectivity index (χ2n) is 8.18. The van der Waals surface area contributed by atoms with E-state index in [1.807, 2.05) is 34.2 Å². The molecule has 2 aliphatic heterocycles. The summed E-state index contributed by atoms with van der Waals surface area (Å²) in [5, 5.41) is 10.1. The third kappa shape index (κ3) is 4.66. The van der Waals surface area contributed by atoms with Gasteiger partial charge < -0.3 is 28.3 Å². The Hall–Kier alpha value is -3.65. The van der Waals surface area contributed by atoms with Gasteiger partial charge >= 0.3 is 0 Å². The van der Waals surface area contributed by atoms with Gasteiger partial charge in [0.1, 0.15) is 19.3 Å². The Morgan fingerprint density at radius 1 is 1.17 bits per heavy atom. The number of nitriles is 1. The Balaban J connectivity index is 1.21. The van der Waals surface area contributed by atoms with E-state index >= 15 is 0 Å². The molecule has 2 aliphatic rings. The molecule has 1 aromatic carbocycles. The first kappa shape index (κ1) is 23.1. The van der Waals surface area contributed by atoms with Crippen LogP contribution in [0.15, 0.2) is 34.0 Å². The summed E-state index contributed by atoms with van der Waals surface area (Å²) >= 11 is 1.44. The number of carbonyl (C=O) groups is 1. The Bertz CT molecular complexity index is 1270. The lowest BCUT2D eigenvalue weighted by molar-refractivity contribution is -0.128. The third-order valence-corrected chi connectivity index (χ3v) is 7.01. The van der Waals surface area contributed by atoms with E-state index in [1.54, 1.807) is 6.92 Å². The summed E-state index contributed by atoms with van der Waals surface area (Å²) in [6.45, 7) is 7.94. The van der Waals surface area contributed by atoms with Crippen LogP contribution in [0.25, 0.3) is 11.3 Å². The second-order valence-corrected chi connectivity index (χ2v) is 9.13. The van der Waals surface area contributed by atoms with Crippen LogP contribution >= 0.6 is 11.8 Å². The van der Waals surface area contributed by atoms with E-state index in [9.17, 15) is 10.1 Å². The number of imidazole rings is 1. The number of nitrogens with zero attached hydrogens (tertiary/aromatic N) is 6. The van der Waals surface area contributed by atoms with Gasteiger partial charge in [-0.2, -0.15) is 5.26 Å². The molecule has 1 fully saturated rings. The zero-order chi connectivity index (χ0) is 24.4. The van der Waals surface area contributed by atoms with Crippen LogP contribution in [-0.2, 0) is 11.3 Å². The van der Waals surface area contributed by atoms with Gasteiger partial charge in [0.2, 0.25) is 17.5 Å². The van der Waals surface area contributed by atoms with Gasteiger partial charge in [-0.15, -0.1) is 0 Å². The van der Waals surface area contributed by atoms with Crippen molar-refractivity contribution >= 4 is 23.6 Å². The molecule has 1 saturated heterocycles. The van der Waals surface area contributed by atoms with Crippen LogP contribution in [0.2, 0.25) is 0 Å². The highest BCUT2D eigenvalue weighted by Gasteiger charge is 2.26. The minimum atomic E-state index is 0.0652. The molecule has 0 saturated carbocycles. The monoisotopic (exact) mass is 494 g/mol. The number of piperazine rings is 1. The average Bonchev–Trinajstić information content (AvgIpc) is 3.49. The van der Waals surface area contributed by atoms with Crippen molar-refractivity contribution in [1.82, 2.24) is 19.4 Å². The normalized spacial score (nSPS) is 15.2. The first-order valence-electron chi connectivity index (χ1n) is 11.6. The minimum absolute atomic E-state index is 0.0652. The van der Waals surface area contributed by atoms with Crippen molar-refractivity contribution in [3.63, 3.8) is 0 Å². The molecule has 11 heteroatoms. The van der Waals surface area contributed by atoms with Crippen LogP contribution in [0.4, 0.5) is 5.88 Å². The summed E-state index contributed by atoms with van der Waals surface area (Å²) in [4.78, 5) is 25.4. The number of benzene rings is 1. The first-order chi connectivity index (χ1) is 17.1. The number of rotatable bonds is 6. The van der Waals surface area contributed by atoms with Crippen molar-refractivity contribution in [2.24, 2.45) is 0 Å². The van der Waals surface area contributed by atoms with Gasteiger partial charge in [0, 0.05) is 45.2 Å². The number of hydrogen-bond acceptors (Lipinski definition) is 9. The van der Waals surface area contributed by atoms with Gasteiger partial charge in [-0.3, -0.25) is 4.79 Å². The third-order valence-electron chi connectivity index (χ3n) is 6.04. The Morgan fingerprint density at radius 3 is 2.69 bits per heavy atom. The summed E-state index contributed by atoms with van der Waals surface area (Å²) in [6.07, 6.45) is 1.84. The molecule has 0 atom stereocenters. The van der Waals surface area contributed by atoms with E-state index in [-0.39, 0.29) is 11.6 Å². The smallest absolute Gasteiger partial charge is 0.234 e. The number of aromatic nitrogens is 3. The van der Waals surface area contributed by atoms with E-state index in [1.165, 1.54) is 11.8 Å². The summed E-state index contributed by atoms with van der Waals surface area (Å²) in [7, 11) is 0. The standard InChI is InChI=1S/C24H26N6O4S/c1-3-30-19(17-4-5-20-21(12-17)33-11-10-32-20)14-26-24(30)35-15-22(31)28-6-8-29(9-7-28)23-18(13-25)27-16(2)34-23/h4-5,12,14H,3,6-11,15H2,1-2H3. The van der Waals surface area contributed by atoms with Gasteiger partial charge in [-0.25, -0.2) is 9.97 Å². The van der Waals surface area contributed by atoms with Gasteiger partial charge in [-0.05, 0) is 25.1 Å². The van der Waals surface area contributed by atoms with Crippen LogP contribution in [0.5, 0.6) is 11.5 Å². The Kier molecular flexibility index (Phi) is 6.55. The molecule has 3 aromatic rings. The van der Waals surface area contributed by atoms with Crippen molar-refractivity contribution < 1.29 is 18.7 Å². The largest absolute Gasteiger partial charge is 0.486 e. The van der Waals surface area contributed by atoms with Gasteiger partial charge in [0.15, 0.2) is 22.5 Å². The fourth-order valence-electron chi connectivity index (χ4n) is 4.29. The quantitative estimate of drug-likeness (QED) is 0.478. The predicted molar refractivity (Wildman–Crippen MR) is 130 cm³/mol. The zero-order valence-electron chi connectivity index (χ0n) is 19.7. The van der Waals surface area contributed by atoms with Crippen molar-refractivity contribution in [2.45, 2.75) is 25.5 Å². The molecule has 182 valence electrons. The Labute approximate surface area is 207 Å². The van der Waals surface area contributed by atoms with Crippen LogP contribution in [0.1, 0.15) is 18.5 Å². The number of anilines is 1. The maximum atomic E-state index is 12.9. The van der Waals surface area contributed by atoms with E-state index in [4.69, 9.17) is 13.9 Å². The molecule has 5 rings (SSSR count). The fraction of sp³-hybridized carbons (Fsp3) is 0.417. The SMILES string of the molecule is CCn1c(-c2ccc3c(c2)OCCO3)cnc1SCC(=O)N1CCN(c2oc(C)nc2C#N)CC1. The zero-order valence-corrected chi connectivity index (χ0v) is 20.5. The predicted octanol–water partition coefficient (Wildman–Crippen LogP) is 2.95. The summed E-state index contributed by atoms with van der Waals surface area (Å²) < 4.78 is 19.1. The van der Waals surface area contributed by atoms with Gasteiger partial charge in [-0.1, -0.05) is 11.8 Å². The second kappa shape index (κ2) is 9.92. The summed E-state index contributed by atoms with van der Waals surface area (Å²) in [6, 6.07) is 7.98. The van der Waals surface area contributed by atoms with Crippen LogP contribution < -0.4 is 14.4 Å². The highest BCUT2D eigenvalue weighted by atomic mass is 32.2. The first-order valence-corrected chi connectivity index (χ1v) is 12.5. The summed E-state index contributed by atoms with van der Waals surface area (Å²) in [5.41, 5.74) is 2.26. The number of thioether (sulfide) groups is 1. The number of fused-ring (bicyclic) bond motifs is 1. The number of carbonyl (C=O) groups excluding carboxylic acids is 1. The van der Waals surface area contributed by atoms with E-state index < -0.39 is 0 Å². The molecular formula is C24H26N6O4S. The fourth-order valence-corrected chi connectivity index (χ4v) is 5.24. The number of amides is 1. The molecule has 35 heavy (non-hydrogen) atoms. The number of hydrogen-bond donors (Lipinski definition) is 0. The number of aryl methyl sites for hydroxylation is 1. The lowest BCUT2D eigenvalue weighted by atomic mass is 10.1. The van der Waals surface area contributed by atoms with Gasteiger partial charge in [0.05, 0.1) is 17.6 Å². The highest BCUT2D eigenvalue weighted by Crippen LogP contribution is 2.35. The lowest BCUT2D eigenvalue weighted by Gasteiger charge is -2.34. The molecule has 0 N–H and O–H groups in total. The van der Waals surface area contributed by atoms with E-state index in [0.29, 0.717) is 56.9 Å². The van der Waals surface area contributed by atoms with E-state index in [2.05, 4.69) is 27.5 Å². The average molecular weight is 495 g/mol. The molecule has 4 heterocycles. The molecule has 0 unspecified atom stereocenters. The van der Waals surface area contributed by atoms with Crippen molar-refractivity contribution in [1.29, 1.82) is 5.26 Å². The number of ether oxygens (including phenoxy) is 2. The topological polar surface area (TPSA) is 110 Å². The molecule has 1 amide bonds. The minimum Gasteiger partial charge on any atom is -0.486 e. The molecule has 0 bridgehead atoms. The Morgan fingerprint density at radius 2 is 1.94 bits per heavy atom. The maximum Gasteiger partial charge on any atom is 0.234 e. The summed E-state index contributed by atoms with van der Waals surface area (Å²) in [5.74, 6) is 2.82. The molecule has 10 nitrogen and oxygen atoms in total. The molecule has 0 spiro atoms. The molecular weight excluding hydrogens is 468 g/mol. The van der Waals surface area contributed by atoms with Gasteiger partial charge in [0.25, 0.3) is 0 Å². The molecule has 0 radical (unpaired) electrons. The highest BCUT2D eigenvalue weighted by molar-refractivity contribution is 7.99. The van der Waals surface area contributed by atoms with E-state index in [0.717, 1.165) is 34.5 Å². The molecule has 0 aliphatic carbocycles. The maximum absolute atomic E-state index is 12.9.